The highest BCUT2D eigenvalue weighted by Gasteiger charge is 2.17. The van der Waals surface area contributed by atoms with Crippen molar-refractivity contribution < 1.29 is 14.3 Å². The SMILES string of the molecule is C=C(C)CN(CC)C(=O)COC(=O)c1cc(-c2ccc(Br)cc2)n[nH]1. The third kappa shape index (κ3) is 5.29. The number of ether oxygens (including phenoxy) is 1. The molecule has 132 valence electrons. The molecular formula is C18H20BrN3O3. The number of nitrogens with one attached hydrogen (secondary N) is 1. The van der Waals surface area contributed by atoms with Crippen LogP contribution in [0.15, 0.2) is 47.0 Å². The molecule has 0 saturated heterocycles. The van der Waals surface area contributed by atoms with Crippen LogP contribution in [0.25, 0.3) is 11.3 Å². The number of benzene rings is 1. The van der Waals surface area contributed by atoms with Crippen LogP contribution in [0.1, 0.15) is 24.3 Å². The molecule has 0 saturated carbocycles. The highest BCUT2D eigenvalue weighted by molar-refractivity contribution is 9.10. The summed E-state index contributed by atoms with van der Waals surface area (Å²) in [6.07, 6.45) is 0. The number of amides is 1. The highest BCUT2D eigenvalue weighted by atomic mass is 79.9. The topological polar surface area (TPSA) is 75.3 Å². The van der Waals surface area contributed by atoms with Crippen molar-refractivity contribution >= 4 is 27.8 Å². The zero-order valence-corrected chi connectivity index (χ0v) is 15.8. The number of carbonyl (C=O) groups excluding carboxylic acids is 2. The Morgan fingerprint density at radius 3 is 2.60 bits per heavy atom. The van der Waals surface area contributed by atoms with Crippen LogP contribution in [0.4, 0.5) is 0 Å². The Morgan fingerprint density at radius 2 is 2.00 bits per heavy atom. The number of likely N-dealkylation sites (N-methyl/N-ethyl adjacent to an activating group) is 1. The molecule has 0 aliphatic heterocycles. The molecule has 0 aliphatic carbocycles. The van der Waals surface area contributed by atoms with E-state index in [9.17, 15) is 9.59 Å². The summed E-state index contributed by atoms with van der Waals surface area (Å²) in [5.74, 6) is -0.873. The third-order valence-electron chi connectivity index (χ3n) is 3.46. The number of halogens is 1. The first-order valence-corrected chi connectivity index (χ1v) is 8.60. The number of nitrogens with zero attached hydrogens (tertiary/aromatic N) is 2. The first-order chi connectivity index (χ1) is 11.9. The average Bonchev–Trinajstić information content (AvgIpc) is 3.07. The Hall–Kier alpha value is -2.41. The first-order valence-electron chi connectivity index (χ1n) is 7.81. The Bertz CT molecular complexity index is 768. The average molecular weight is 406 g/mol. The number of aromatic amines is 1. The summed E-state index contributed by atoms with van der Waals surface area (Å²) >= 11 is 3.37. The molecule has 0 fully saturated rings. The molecule has 25 heavy (non-hydrogen) atoms. The number of hydrogen-bond acceptors (Lipinski definition) is 4. The second kappa shape index (κ2) is 8.62. The third-order valence-corrected chi connectivity index (χ3v) is 3.99. The van der Waals surface area contributed by atoms with E-state index in [1.54, 1.807) is 11.0 Å². The van der Waals surface area contributed by atoms with Crippen molar-refractivity contribution in [3.63, 3.8) is 0 Å². The standard InChI is InChI=1S/C18H20BrN3O3/c1-4-22(10-12(2)3)17(23)11-25-18(24)16-9-15(20-21-16)13-5-7-14(19)8-6-13/h5-9H,2,4,10-11H2,1,3H3,(H,20,21). The van der Waals surface area contributed by atoms with Gasteiger partial charge in [0.25, 0.3) is 5.91 Å². The van der Waals surface area contributed by atoms with Gasteiger partial charge in [-0.2, -0.15) is 5.10 Å². The molecule has 0 atom stereocenters. The van der Waals surface area contributed by atoms with Gasteiger partial charge in [0.2, 0.25) is 0 Å². The minimum atomic E-state index is -0.615. The number of H-pyrrole nitrogens is 1. The lowest BCUT2D eigenvalue weighted by Crippen LogP contribution is -2.35. The van der Waals surface area contributed by atoms with Gasteiger partial charge in [-0.25, -0.2) is 4.79 Å². The minimum absolute atomic E-state index is 0.202. The number of esters is 1. The van der Waals surface area contributed by atoms with Crippen LogP contribution in [0.5, 0.6) is 0 Å². The lowest BCUT2D eigenvalue weighted by atomic mass is 10.1. The number of carbonyl (C=O) groups is 2. The normalized spacial score (nSPS) is 10.4. The molecular weight excluding hydrogens is 386 g/mol. The maximum atomic E-state index is 12.1. The van der Waals surface area contributed by atoms with Gasteiger partial charge in [0, 0.05) is 23.1 Å². The molecule has 1 heterocycles. The summed E-state index contributed by atoms with van der Waals surface area (Å²) in [7, 11) is 0. The van der Waals surface area contributed by atoms with Crippen LogP contribution in [0.3, 0.4) is 0 Å². The van der Waals surface area contributed by atoms with Gasteiger partial charge >= 0.3 is 5.97 Å². The van der Waals surface area contributed by atoms with Crippen LogP contribution in [-0.2, 0) is 9.53 Å². The van der Waals surface area contributed by atoms with E-state index in [1.807, 2.05) is 38.1 Å². The lowest BCUT2D eigenvalue weighted by Gasteiger charge is -2.20. The highest BCUT2D eigenvalue weighted by Crippen LogP contribution is 2.20. The summed E-state index contributed by atoms with van der Waals surface area (Å²) in [5, 5.41) is 6.75. The van der Waals surface area contributed by atoms with E-state index in [2.05, 4.69) is 32.7 Å². The van der Waals surface area contributed by atoms with Gasteiger partial charge in [0.15, 0.2) is 6.61 Å². The van der Waals surface area contributed by atoms with Gasteiger partial charge in [0.1, 0.15) is 5.69 Å². The quantitative estimate of drug-likeness (QED) is 0.565. The summed E-state index contributed by atoms with van der Waals surface area (Å²) in [6.45, 7) is 8.16. The zero-order valence-electron chi connectivity index (χ0n) is 14.2. The van der Waals surface area contributed by atoms with Crippen molar-refractivity contribution in [2.24, 2.45) is 0 Å². The van der Waals surface area contributed by atoms with Crippen molar-refractivity contribution in [3.05, 3.63) is 52.7 Å². The van der Waals surface area contributed by atoms with Gasteiger partial charge in [-0.3, -0.25) is 9.89 Å². The molecule has 2 aromatic rings. The predicted molar refractivity (Wildman–Crippen MR) is 99.1 cm³/mol. The predicted octanol–water partition coefficient (Wildman–Crippen LogP) is 3.42. The number of aromatic nitrogens is 2. The van der Waals surface area contributed by atoms with Crippen LogP contribution in [0, 0.1) is 0 Å². The van der Waals surface area contributed by atoms with Crippen LogP contribution in [-0.4, -0.2) is 46.7 Å². The molecule has 0 spiro atoms. The smallest absolute Gasteiger partial charge is 0.356 e. The summed E-state index contributed by atoms with van der Waals surface area (Å²) < 4.78 is 6.04. The van der Waals surface area contributed by atoms with Crippen molar-refractivity contribution in [1.82, 2.24) is 15.1 Å². The molecule has 0 unspecified atom stereocenters. The Kier molecular flexibility index (Phi) is 6.52. The fourth-order valence-corrected chi connectivity index (χ4v) is 2.46. The molecule has 1 amide bonds. The van der Waals surface area contributed by atoms with Gasteiger partial charge < -0.3 is 9.64 Å². The molecule has 1 N–H and O–H groups in total. The largest absolute Gasteiger partial charge is 0.451 e. The van der Waals surface area contributed by atoms with E-state index < -0.39 is 5.97 Å². The molecule has 1 aromatic carbocycles. The van der Waals surface area contributed by atoms with E-state index >= 15 is 0 Å². The van der Waals surface area contributed by atoms with Crippen molar-refractivity contribution in [1.29, 1.82) is 0 Å². The van der Waals surface area contributed by atoms with Crippen LogP contribution >= 0.6 is 15.9 Å². The van der Waals surface area contributed by atoms with E-state index in [1.165, 1.54) is 0 Å². The summed E-state index contributed by atoms with van der Waals surface area (Å²) in [4.78, 5) is 25.8. The molecule has 0 bridgehead atoms. The minimum Gasteiger partial charge on any atom is -0.451 e. The van der Waals surface area contributed by atoms with Gasteiger partial charge in [-0.1, -0.05) is 40.2 Å². The summed E-state index contributed by atoms with van der Waals surface area (Å²) in [5.41, 5.74) is 2.57. The van der Waals surface area contributed by atoms with E-state index in [-0.39, 0.29) is 18.2 Å². The van der Waals surface area contributed by atoms with Crippen molar-refractivity contribution in [2.75, 3.05) is 19.7 Å². The van der Waals surface area contributed by atoms with E-state index in [4.69, 9.17) is 4.74 Å². The fourth-order valence-electron chi connectivity index (χ4n) is 2.19. The van der Waals surface area contributed by atoms with Crippen molar-refractivity contribution in [2.45, 2.75) is 13.8 Å². The van der Waals surface area contributed by atoms with E-state index in [0.717, 1.165) is 15.6 Å². The maximum absolute atomic E-state index is 12.1. The Labute approximate surface area is 155 Å². The monoisotopic (exact) mass is 405 g/mol. The number of hydrogen-bond donors (Lipinski definition) is 1. The molecule has 7 heteroatoms. The molecule has 0 radical (unpaired) electrons. The molecule has 0 aliphatic rings. The van der Waals surface area contributed by atoms with Crippen LogP contribution in [0.2, 0.25) is 0 Å². The van der Waals surface area contributed by atoms with Gasteiger partial charge in [-0.15, -0.1) is 0 Å². The Morgan fingerprint density at radius 1 is 1.32 bits per heavy atom. The van der Waals surface area contributed by atoms with E-state index in [0.29, 0.717) is 18.8 Å². The second-order valence-electron chi connectivity index (χ2n) is 5.61. The van der Waals surface area contributed by atoms with Gasteiger partial charge in [-0.05, 0) is 32.0 Å². The fraction of sp³-hybridized carbons (Fsp3) is 0.278. The maximum Gasteiger partial charge on any atom is 0.356 e. The summed E-state index contributed by atoms with van der Waals surface area (Å²) in [6, 6.07) is 9.15. The lowest BCUT2D eigenvalue weighted by molar-refractivity contribution is -0.133. The number of rotatable bonds is 7. The molecule has 2 rings (SSSR count). The zero-order chi connectivity index (χ0) is 18.4. The second-order valence-corrected chi connectivity index (χ2v) is 6.53. The van der Waals surface area contributed by atoms with Gasteiger partial charge in [0.05, 0.1) is 5.69 Å². The van der Waals surface area contributed by atoms with Crippen molar-refractivity contribution in [3.8, 4) is 11.3 Å². The Balaban J connectivity index is 1.96. The molecule has 6 nitrogen and oxygen atoms in total. The first kappa shape index (κ1) is 18.9. The van der Waals surface area contributed by atoms with Crippen LogP contribution < -0.4 is 0 Å². The molecule has 1 aromatic heterocycles.